The van der Waals surface area contributed by atoms with E-state index in [1.165, 1.54) is 24.0 Å². The van der Waals surface area contributed by atoms with Crippen LogP contribution in [0.3, 0.4) is 0 Å². The van der Waals surface area contributed by atoms with Gasteiger partial charge in [-0.25, -0.2) is 0 Å². The molecule has 0 aromatic heterocycles. The predicted octanol–water partition coefficient (Wildman–Crippen LogP) is 6.40. The molecule has 1 aromatic carbocycles. The molecule has 0 saturated carbocycles. The smallest absolute Gasteiger partial charge is 0.0330 e. The van der Waals surface area contributed by atoms with Crippen LogP contribution in [0.2, 0.25) is 0 Å². The molecule has 0 aliphatic carbocycles. The van der Waals surface area contributed by atoms with E-state index in [0.717, 1.165) is 23.5 Å². The first-order valence-electron chi connectivity index (χ1n) is 15.8. The predicted molar refractivity (Wildman–Crippen MR) is 198 cm³/mol. The normalized spacial score (nSPS) is 27.1. The Kier molecular flexibility index (Phi) is 21.2. The summed E-state index contributed by atoms with van der Waals surface area (Å²) in [7, 11) is 18.9. The Bertz CT molecular complexity index is 884. The molecule has 6 nitrogen and oxygen atoms in total. The zero-order valence-electron chi connectivity index (χ0n) is 30.2. The number of allylic oxidation sites excluding steroid dienone is 2. The Morgan fingerprint density at radius 2 is 1.31 bits per heavy atom. The second kappa shape index (κ2) is 21.4. The topological polar surface area (TPSA) is 37.4 Å². The minimum Gasteiger partial charge on any atom is -0.392 e. The maximum absolute atomic E-state index is 6.35. The molecule has 0 amide bonds. The van der Waals surface area contributed by atoms with Crippen molar-refractivity contribution in [1.82, 2.24) is 20.7 Å². The van der Waals surface area contributed by atoms with Crippen LogP contribution in [0, 0.1) is 0 Å². The monoisotopic (exact) mass is 733 g/mol. The molecule has 246 valence electrons. The summed E-state index contributed by atoms with van der Waals surface area (Å²) < 4.78 is 9.92. The van der Waals surface area contributed by atoms with Crippen molar-refractivity contribution in [1.29, 1.82) is 0 Å². The van der Waals surface area contributed by atoms with Crippen LogP contribution >= 0.6 is 10.0 Å². The van der Waals surface area contributed by atoms with E-state index in [0.29, 0.717) is 23.9 Å². The van der Waals surface area contributed by atoms with E-state index in [2.05, 4.69) is 134 Å². The minimum absolute atomic E-state index is 0. The quantitative estimate of drug-likeness (QED) is 0.287. The van der Waals surface area contributed by atoms with E-state index in [-0.39, 0.29) is 1.43 Å². The first-order valence-corrected chi connectivity index (χ1v) is 23.8. The third-order valence-corrected chi connectivity index (χ3v) is 21.4. The third kappa shape index (κ3) is 15.6. The Hall–Kier alpha value is -0.354. The Balaban J connectivity index is 0. The van der Waals surface area contributed by atoms with Gasteiger partial charge in [-0.1, -0.05) is 52.0 Å². The largest absolute Gasteiger partial charge is 0.392 e. The van der Waals surface area contributed by atoms with Gasteiger partial charge in [-0.2, -0.15) is 0 Å². The van der Waals surface area contributed by atoms with E-state index in [4.69, 9.17) is 10.0 Å². The van der Waals surface area contributed by atoms with Crippen LogP contribution in [-0.4, -0.2) is 117 Å². The Labute approximate surface area is 278 Å². The fraction of sp³-hybridized carbons (Fsp3) is 0.727. The van der Waals surface area contributed by atoms with E-state index < -0.39 is 29.7 Å². The third-order valence-electron chi connectivity index (χ3n) is 8.79. The zero-order chi connectivity index (χ0) is 32.7. The molecule has 4 unspecified atom stereocenters. The molecule has 2 aliphatic heterocycles. The number of hydrogen-bond donors (Lipinski definition) is 1. The summed E-state index contributed by atoms with van der Waals surface area (Å²) >= 11 is -2.21. The number of nitrogens with zero attached hydrogens (tertiary/aromatic N) is 5. The van der Waals surface area contributed by atoms with Gasteiger partial charge in [-0.05, 0) is 42.9 Å². The first-order chi connectivity index (χ1) is 19.5. The van der Waals surface area contributed by atoms with Gasteiger partial charge in [-0.15, -0.1) is 0 Å². The molecule has 2 aliphatic rings. The minimum atomic E-state index is -1.72. The van der Waals surface area contributed by atoms with E-state index in [1.807, 2.05) is 27.0 Å². The van der Waals surface area contributed by atoms with Crippen molar-refractivity contribution >= 4 is 45.5 Å². The average molecular weight is 732 g/mol. The van der Waals surface area contributed by atoms with Crippen LogP contribution in [-0.2, 0) is 0 Å². The summed E-state index contributed by atoms with van der Waals surface area (Å²) in [4.78, 5) is 3.98. The van der Waals surface area contributed by atoms with Gasteiger partial charge in [0.15, 0.2) is 0 Å². The summed E-state index contributed by atoms with van der Waals surface area (Å²) in [6, 6.07) is 11.9. The molecule has 3 rings (SSSR count). The number of aliphatic imine (C=N–C) groups is 1. The molecule has 2 fully saturated rings. The molecule has 9 heteroatoms. The molecule has 0 bridgehead atoms. The molecular formula is C33H69ClGe2N6. The van der Waals surface area contributed by atoms with Crippen LogP contribution in [0.5, 0.6) is 0 Å². The van der Waals surface area contributed by atoms with Gasteiger partial charge >= 0.3 is 148 Å². The summed E-state index contributed by atoms with van der Waals surface area (Å²) in [6.07, 6.45) is 4.60. The van der Waals surface area contributed by atoms with Crippen molar-refractivity contribution in [2.75, 3.05) is 42.3 Å². The van der Waals surface area contributed by atoms with Crippen molar-refractivity contribution in [3.05, 3.63) is 47.2 Å². The van der Waals surface area contributed by atoms with Gasteiger partial charge in [-0.3, -0.25) is 4.99 Å². The fourth-order valence-corrected chi connectivity index (χ4v) is 13.5. The molecule has 0 radical (unpaired) electrons. The second-order valence-electron chi connectivity index (χ2n) is 13.1. The molecule has 1 N–H and O–H groups in total. The van der Waals surface area contributed by atoms with E-state index >= 15 is 0 Å². The molecule has 1 aromatic rings. The maximum atomic E-state index is 6.35. The molecule has 42 heavy (non-hydrogen) atoms. The van der Waals surface area contributed by atoms with Gasteiger partial charge in [0.1, 0.15) is 0 Å². The molecule has 4 atom stereocenters. The maximum Gasteiger partial charge on any atom is 0.0330 e. The number of nitrogens with one attached hydrogen (secondary N) is 1. The standard InChI is InChI=1S/C12H18.C7H17ClGeN2.C7H18GeN2.C7H14N2.H2/c1-9(2)11-6-5-7-12(8-11)10(3)4;1-6-5-7(2)11(4)9(8)10(6)3;1-6-5-7(2)10(4)8-9(6)3;1-6(8-3)5-7(2)9-4;/h5-10H,1-4H3;6-7,9H,5H2,1-4H3;6-7H,5,8H2,1-4H3;5,8H,1-4H3;1H/b;;;6-5-,9-7?;/i;;;;1+1. The summed E-state index contributed by atoms with van der Waals surface area (Å²) in [5.41, 5.74) is 5.07. The molecule has 2 saturated heterocycles. The number of rotatable bonds is 4. The summed E-state index contributed by atoms with van der Waals surface area (Å²) in [6.45, 7) is 22.1. The second-order valence-corrected chi connectivity index (χ2v) is 24.6. The van der Waals surface area contributed by atoms with Crippen LogP contribution in [0.1, 0.15) is 106 Å². The van der Waals surface area contributed by atoms with Gasteiger partial charge in [0.2, 0.25) is 0 Å². The van der Waals surface area contributed by atoms with Crippen LogP contribution in [0.4, 0.5) is 0 Å². The van der Waals surface area contributed by atoms with Crippen LogP contribution < -0.4 is 5.32 Å². The summed E-state index contributed by atoms with van der Waals surface area (Å²) in [5.74, 6) is 1.28. The molecular weight excluding hydrogens is 661 g/mol. The number of hydrogen-bond acceptors (Lipinski definition) is 6. The van der Waals surface area contributed by atoms with Gasteiger partial charge in [0.05, 0.1) is 0 Å². The fourth-order valence-electron chi connectivity index (χ4n) is 4.74. The SMILES string of the molecule is CC(C)c1cccc(C(C)C)c1.CC1CC(C)[N](C)[GeH2][N]1C.CC1CC(C)[N](C)[GeH]([Cl])[N]1C.CN=C(C)/C=C(/C)NC.[2HH]. The van der Waals surface area contributed by atoms with Crippen molar-refractivity contribution in [3.63, 3.8) is 0 Å². The number of benzene rings is 1. The van der Waals surface area contributed by atoms with Gasteiger partial charge in [0.25, 0.3) is 0 Å². The number of halogens is 1. The van der Waals surface area contributed by atoms with Crippen molar-refractivity contribution in [2.45, 2.75) is 118 Å². The van der Waals surface area contributed by atoms with E-state index in [1.54, 1.807) is 7.05 Å². The summed E-state index contributed by atoms with van der Waals surface area (Å²) in [5, 5.41) is 3.01. The molecule has 0 spiro atoms. The van der Waals surface area contributed by atoms with Crippen LogP contribution in [0.15, 0.2) is 41.0 Å². The van der Waals surface area contributed by atoms with Crippen molar-refractivity contribution in [2.24, 2.45) is 4.99 Å². The van der Waals surface area contributed by atoms with Gasteiger partial charge in [0, 0.05) is 26.9 Å². The van der Waals surface area contributed by atoms with Crippen LogP contribution in [0.25, 0.3) is 0 Å². The van der Waals surface area contributed by atoms with Gasteiger partial charge < -0.3 is 5.32 Å². The Morgan fingerprint density at radius 3 is 1.64 bits per heavy atom. The van der Waals surface area contributed by atoms with E-state index in [9.17, 15) is 0 Å². The van der Waals surface area contributed by atoms with Crippen molar-refractivity contribution < 1.29 is 1.43 Å². The van der Waals surface area contributed by atoms with Crippen molar-refractivity contribution in [3.8, 4) is 0 Å². The average Bonchev–Trinajstić information content (AvgIpc) is 2.95. The zero-order valence-corrected chi connectivity index (χ0v) is 36.3. The Morgan fingerprint density at radius 1 is 0.905 bits per heavy atom. The first kappa shape index (κ1) is 41.6. The molecule has 2 heterocycles.